The lowest BCUT2D eigenvalue weighted by Gasteiger charge is -2.18. The van der Waals surface area contributed by atoms with Crippen LogP contribution < -0.4 is 4.90 Å². The molecule has 14 heavy (non-hydrogen) atoms. The minimum atomic E-state index is -0.894. The summed E-state index contributed by atoms with van der Waals surface area (Å²) in [7, 11) is 0. The van der Waals surface area contributed by atoms with E-state index in [0.717, 1.165) is 12.8 Å². The Bertz CT molecular complexity index is 346. The number of carbonyl (C=O) groups is 1. The van der Waals surface area contributed by atoms with E-state index in [2.05, 4.69) is 0 Å². The van der Waals surface area contributed by atoms with Gasteiger partial charge in [-0.3, -0.25) is 4.90 Å². The number of hydrogen-bond acceptors (Lipinski definition) is 1. The van der Waals surface area contributed by atoms with Crippen LogP contribution in [-0.2, 0) is 0 Å². The van der Waals surface area contributed by atoms with Crippen molar-refractivity contribution in [3.63, 3.8) is 0 Å². The van der Waals surface area contributed by atoms with Crippen LogP contribution in [0.2, 0.25) is 5.02 Å². The average molecular weight is 212 g/mol. The number of amides is 1. The van der Waals surface area contributed by atoms with E-state index in [1.165, 1.54) is 4.90 Å². The Labute approximate surface area is 86.9 Å². The van der Waals surface area contributed by atoms with Crippen molar-refractivity contribution < 1.29 is 9.90 Å². The number of anilines is 1. The maximum absolute atomic E-state index is 11.0. The molecule has 0 unspecified atom stereocenters. The standard InChI is InChI=1S/C10H10ClNO2/c11-7-1-3-8(4-2-7)12(10(13)14)9-5-6-9/h1-4,9H,5-6H2,(H,13,14). The van der Waals surface area contributed by atoms with Gasteiger partial charge in [0.25, 0.3) is 0 Å². The van der Waals surface area contributed by atoms with E-state index >= 15 is 0 Å². The van der Waals surface area contributed by atoms with Crippen LogP contribution in [0.4, 0.5) is 10.5 Å². The Kier molecular flexibility index (Phi) is 2.33. The highest BCUT2D eigenvalue weighted by molar-refractivity contribution is 6.30. The van der Waals surface area contributed by atoms with Crippen molar-refractivity contribution in [3.05, 3.63) is 29.3 Å². The van der Waals surface area contributed by atoms with Crippen LogP contribution in [0.25, 0.3) is 0 Å². The van der Waals surface area contributed by atoms with E-state index in [0.29, 0.717) is 10.7 Å². The van der Waals surface area contributed by atoms with Crippen LogP contribution in [0.1, 0.15) is 12.8 Å². The molecule has 1 aliphatic rings. The van der Waals surface area contributed by atoms with Gasteiger partial charge >= 0.3 is 6.09 Å². The molecule has 0 heterocycles. The summed E-state index contributed by atoms with van der Waals surface area (Å²) in [6, 6.07) is 7.03. The quantitative estimate of drug-likeness (QED) is 0.817. The third-order valence-corrected chi connectivity index (χ3v) is 2.47. The average Bonchev–Trinajstić information content (AvgIpc) is 2.92. The van der Waals surface area contributed by atoms with Gasteiger partial charge in [-0.2, -0.15) is 0 Å². The largest absolute Gasteiger partial charge is 0.465 e. The molecule has 0 aromatic heterocycles. The second-order valence-electron chi connectivity index (χ2n) is 3.36. The highest BCUT2D eigenvalue weighted by Gasteiger charge is 2.33. The zero-order valence-electron chi connectivity index (χ0n) is 7.48. The molecule has 0 spiro atoms. The fourth-order valence-electron chi connectivity index (χ4n) is 1.41. The van der Waals surface area contributed by atoms with E-state index in [1.54, 1.807) is 24.3 Å². The first-order chi connectivity index (χ1) is 6.68. The zero-order valence-corrected chi connectivity index (χ0v) is 8.24. The number of nitrogens with zero attached hydrogens (tertiary/aromatic N) is 1. The van der Waals surface area contributed by atoms with E-state index in [1.807, 2.05) is 0 Å². The third kappa shape index (κ3) is 1.82. The summed E-state index contributed by atoms with van der Waals surface area (Å²) < 4.78 is 0. The summed E-state index contributed by atoms with van der Waals surface area (Å²) in [4.78, 5) is 12.4. The number of benzene rings is 1. The van der Waals surface area contributed by atoms with Crippen molar-refractivity contribution in [1.82, 2.24) is 0 Å². The molecule has 74 valence electrons. The SMILES string of the molecule is O=C(O)N(c1ccc(Cl)cc1)C1CC1. The summed E-state index contributed by atoms with van der Waals surface area (Å²) in [5.74, 6) is 0. The molecular weight excluding hydrogens is 202 g/mol. The van der Waals surface area contributed by atoms with Gasteiger partial charge in [-0.05, 0) is 37.1 Å². The molecule has 1 amide bonds. The second kappa shape index (κ2) is 3.50. The van der Waals surface area contributed by atoms with Crippen LogP contribution in [-0.4, -0.2) is 17.2 Å². The Morgan fingerprint density at radius 3 is 2.36 bits per heavy atom. The fourth-order valence-corrected chi connectivity index (χ4v) is 1.54. The van der Waals surface area contributed by atoms with E-state index in [-0.39, 0.29) is 6.04 Å². The predicted octanol–water partition coefficient (Wildman–Crippen LogP) is 2.99. The maximum atomic E-state index is 11.0. The first-order valence-electron chi connectivity index (χ1n) is 4.46. The molecule has 0 atom stereocenters. The molecule has 1 N–H and O–H groups in total. The Balaban J connectivity index is 2.26. The summed E-state index contributed by atoms with van der Waals surface area (Å²) in [5, 5.41) is 9.62. The lowest BCUT2D eigenvalue weighted by Crippen LogP contribution is -2.31. The normalized spacial score (nSPS) is 15.2. The van der Waals surface area contributed by atoms with Crippen molar-refractivity contribution in [3.8, 4) is 0 Å². The molecule has 3 nitrogen and oxygen atoms in total. The van der Waals surface area contributed by atoms with Crippen LogP contribution >= 0.6 is 11.6 Å². The fraction of sp³-hybridized carbons (Fsp3) is 0.300. The lowest BCUT2D eigenvalue weighted by atomic mass is 10.3. The molecular formula is C10H10ClNO2. The minimum Gasteiger partial charge on any atom is -0.465 e. The molecule has 1 fully saturated rings. The number of rotatable bonds is 2. The van der Waals surface area contributed by atoms with E-state index < -0.39 is 6.09 Å². The number of carboxylic acid groups (broad SMARTS) is 1. The van der Waals surface area contributed by atoms with E-state index in [4.69, 9.17) is 16.7 Å². The third-order valence-electron chi connectivity index (χ3n) is 2.22. The monoisotopic (exact) mass is 211 g/mol. The smallest absolute Gasteiger partial charge is 0.412 e. The molecule has 0 radical (unpaired) electrons. The Morgan fingerprint density at radius 2 is 1.93 bits per heavy atom. The van der Waals surface area contributed by atoms with Gasteiger partial charge in [0.1, 0.15) is 0 Å². The summed E-state index contributed by atoms with van der Waals surface area (Å²) in [5.41, 5.74) is 0.699. The van der Waals surface area contributed by atoms with Gasteiger partial charge in [0.15, 0.2) is 0 Å². The molecule has 1 saturated carbocycles. The number of halogens is 1. The van der Waals surface area contributed by atoms with Gasteiger partial charge in [0.05, 0.1) is 0 Å². The predicted molar refractivity (Wildman–Crippen MR) is 55.0 cm³/mol. The summed E-state index contributed by atoms with van der Waals surface area (Å²) in [6.45, 7) is 0. The highest BCUT2D eigenvalue weighted by atomic mass is 35.5. The maximum Gasteiger partial charge on any atom is 0.412 e. The first-order valence-corrected chi connectivity index (χ1v) is 4.84. The van der Waals surface area contributed by atoms with Crippen molar-refractivity contribution >= 4 is 23.4 Å². The van der Waals surface area contributed by atoms with Crippen LogP contribution in [0, 0.1) is 0 Å². The van der Waals surface area contributed by atoms with Gasteiger partial charge < -0.3 is 5.11 Å². The lowest BCUT2D eigenvalue weighted by molar-refractivity contribution is 0.201. The zero-order chi connectivity index (χ0) is 10.1. The van der Waals surface area contributed by atoms with Gasteiger partial charge in [-0.1, -0.05) is 11.6 Å². The Morgan fingerprint density at radius 1 is 1.36 bits per heavy atom. The van der Waals surface area contributed by atoms with Crippen molar-refractivity contribution in [2.45, 2.75) is 18.9 Å². The molecule has 0 saturated heterocycles. The molecule has 4 heteroatoms. The van der Waals surface area contributed by atoms with Crippen LogP contribution in [0.3, 0.4) is 0 Å². The molecule has 0 bridgehead atoms. The summed E-state index contributed by atoms with van der Waals surface area (Å²) in [6.07, 6.45) is 1.01. The Hall–Kier alpha value is -1.22. The van der Waals surface area contributed by atoms with Crippen LogP contribution in [0.15, 0.2) is 24.3 Å². The molecule has 1 aromatic rings. The van der Waals surface area contributed by atoms with Crippen molar-refractivity contribution in [2.75, 3.05) is 4.90 Å². The first kappa shape index (κ1) is 9.34. The molecule has 1 aliphatic carbocycles. The van der Waals surface area contributed by atoms with Gasteiger partial charge in [0.2, 0.25) is 0 Å². The van der Waals surface area contributed by atoms with Gasteiger partial charge in [-0.15, -0.1) is 0 Å². The van der Waals surface area contributed by atoms with Crippen molar-refractivity contribution in [1.29, 1.82) is 0 Å². The van der Waals surface area contributed by atoms with Crippen LogP contribution in [0.5, 0.6) is 0 Å². The highest BCUT2D eigenvalue weighted by Crippen LogP contribution is 2.32. The molecule has 0 aliphatic heterocycles. The second-order valence-corrected chi connectivity index (χ2v) is 3.80. The van der Waals surface area contributed by atoms with E-state index in [9.17, 15) is 4.79 Å². The minimum absolute atomic E-state index is 0.161. The topological polar surface area (TPSA) is 40.5 Å². The number of hydrogen-bond donors (Lipinski definition) is 1. The van der Waals surface area contributed by atoms with Crippen molar-refractivity contribution in [2.24, 2.45) is 0 Å². The van der Waals surface area contributed by atoms with Gasteiger partial charge in [-0.25, -0.2) is 4.79 Å². The van der Waals surface area contributed by atoms with Gasteiger partial charge in [0, 0.05) is 16.8 Å². The molecule has 2 rings (SSSR count). The molecule has 1 aromatic carbocycles. The summed E-state index contributed by atoms with van der Waals surface area (Å²) >= 11 is 5.73.